The molecule has 8 nitrogen and oxygen atoms in total. The van der Waals surface area contributed by atoms with Gasteiger partial charge in [-0.2, -0.15) is 0 Å². The van der Waals surface area contributed by atoms with Gasteiger partial charge in [0.05, 0.1) is 23.9 Å². The molecule has 1 heterocycles. The number of ether oxygens (including phenoxy) is 3. The maximum absolute atomic E-state index is 13.1. The summed E-state index contributed by atoms with van der Waals surface area (Å²) in [5.74, 6) is 1.88. The van der Waals surface area contributed by atoms with E-state index in [1.54, 1.807) is 37.3 Å². The van der Waals surface area contributed by atoms with Crippen LogP contribution in [0.25, 0.3) is 6.08 Å². The van der Waals surface area contributed by atoms with Crippen LogP contribution in [0.4, 0.5) is 10.5 Å². The second-order valence-corrected chi connectivity index (χ2v) is 7.05. The molecule has 4 amide bonds. The van der Waals surface area contributed by atoms with Crippen LogP contribution in [0.2, 0.25) is 5.02 Å². The summed E-state index contributed by atoms with van der Waals surface area (Å²) in [6.07, 6.45) is 6.57. The first-order valence-corrected chi connectivity index (χ1v) is 10.4. The predicted molar refractivity (Wildman–Crippen MR) is 124 cm³/mol. The lowest BCUT2D eigenvalue weighted by molar-refractivity contribution is -0.122. The standard InChI is InChI=1S/C24H21ClN2O6/c1-4-11-33-21-19(25)13-15(14-20(21)32-6-3)12-18-22(28)26-24(30)27(23(18)29)16-7-9-17(10-8-16)31-5-2/h1,7-10,12-14H,5-6,11H2,2-3H3,(H,26,28,30)/b18-12+. The molecular formula is C24H21ClN2O6. The lowest BCUT2D eigenvalue weighted by atomic mass is 10.1. The van der Waals surface area contributed by atoms with E-state index in [2.05, 4.69) is 11.2 Å². The molecule has 0 atom stereocenters. The predicted octanol–water partition coefficient (Wildman–Crippen LogP) is 3.82. The van der Waals surface area contributed by atoms with Crippen molar-refractivity contribution in [1.29, 1.82) is 0 Å². The maximum atomic E-state index is 13.1. The van der Waals surface area contributed by atoms with Crippen LogP contribution in [-0.2, 0) is 9.59 Å². The molecule has 0 saturated carbocycles. The lowest BCUT2D eigenvalue weighted by Crippen LogP contribution is -2.54. The molecule has 1 aliphatic heterocycles. The maximum Gasteiger partial charge on any atom is 0.335 e. The van der Waals surface area contributed by atoms with Crippen molar-refractivity contribution in [1.82, 2.24) is 5.32 Å². The van der Waals surface area contributed by atoms with Gasteiger partial charge in [0.2, 0.25) is 0 Å². The van der Waals surface area contributed by atoms with Gasteiger partial charge in [0.1, 0.15) is 17.9 Å². The number of anilines is 1. The summed E-state index contributed by atoms with van der Waals surface area (Å²) in [4.78, 5) is 38.8. The van der Waals surface area contributed by atoms with E-state index in [9.17, 15) is 14.4 Å². The van der Waals surface area contributed by atoms with Gasteiger partial charge in [-0.15, -0.1) is 6.42 Å². The van der Waals surface area contributed by atoms with Gasteiger partial charge < -0.3 is 14.2 Å². The average molecular weight is 469 g/mol. The van der Waals surface area contributed by atoms with E-state index in [4.69, 9.17) is 32.2 Å². The number of nitrogens with one attached hydrogen (secondary N) is 1. The number of amides is 4. The van der Waals surface area contributed by atoms with Gasteiger partial charge in [-0.1, -0.05) is 17.5 Å². The quantitative estimate of drug-likeness (QED) is 0.359. The summed E-state index contributed by atoms with van der Waals surface area (Å²) in [6.45, 7) is 4.41. The van der Waals surface area contributed by atoms with Crippen molar-refractivity contribution in [2.24, 2.45) is 0 Å². The van der Waals surface area contributed by atoms with Gasteiger partial charge in [-0.3, -0.25) is 14.9 Å². The van der Waals surface area contributed by atoms with Gasteiger partial charge in [-0.05, 0) is 61.9 Å². The Morgan fingerprint density at radius 2 is 1.76 bits per heavy atom. The van der Waals surface area contributed by atoms with Crippen LogP contribution >= 0.6 is 11.6 Å². The Morgan fingerprint density at radius 1 is 1.06 bits per heavy atom. The smallest absolute Gasteiger partial charge is 0.335 e. The van der Waals surface area contributed by atoms with E-state index in [-0.39, 0.29) is 28.6 Å². The molecule has 0 radical (unpaired) electrons. The zero-order chi connectivity index (χ0) is 24.0. The number of hydrogen-bond acceptors (Lipinski definition) is 6. The van der Waals surface area contributed by atoms with Crippen molar-refractivity contribution in [3.8, 4) is 29.6 Å². The minimum absolute atomic E-state index is 0.0136. The monoisotopic (exact) mass is 468 g/mol. The number of carbonyl (C=O) groups is 3. The molecule has 3 rings (SSSR count). The Morgan fingerprint density at radius 3 is 2.39 bits per heavy atom. The zero-order valence-electron chi connectivity index (χ0n) is 18.0. The number of rotatable bonds is 8. The molecule has 1 fully saturated rings. The Balaban J connectivity index is 1.98. The minimum atomic E-state index is -0.850. The molecule has 0 aliphatic carbocycles. The first-order valence-electron chi connectivity index (χ1n) is 10.1. The van der Waals surface area contributed by atoms with Gasteiger partial charge in [0.15, 0.2) is 11.5 Å². The van der Waals surface area contributed by atoms with Gasteiger partial charge in [-0.25, -0.2) is 9.69 Å². The summed E-state index contributed by atoms with van der Waals surface area (Å²) < 4.78 is 16.4. The SMILES string of the molecule is C#CCOc1c(Cl)cc(/C=C2\C(=O)NC(=O)N(c3ccc(OCC)cc3)C2=O)cc1OCC. The van der Waals surface area contributed by atoms with E-state index in [0.29, 0.717) is 30.3 Å². The van der Waals surface area contributed by atoms with Crippen LogP contribution in [-0.4, -0.2) is 37.7 Å². The number of barbiturate groups is 1. The molecule has 2 aromatic carbocycles. The topological polar surface area (TPSA) is 94.2 Å². The second-order valence-electron chi connectivity index (χ2n) is 6.64. The number of imide groups is 2. The second kappa shape index (κ2) is 10.6. The summed E-state index contributed by atoms with van der Waals surface area (Å²) >= 11 is 6.32. The number of carbonyl (C=O) groups excluding carboxylic acids is 3. The number of hydrogen-bond donors (Lipinski definition) is 1. The van der Waals surface area contributed by atoms with Crippen molar-refractivity contribution in [3.05, 3.63) is 52.6 Å². The van der Waals surface area contributed by atoms with E-state index >= 15 is 0 Å². The highest BCUT2D eigenvalue weighted by Gasteiger charge is 2.36. The molecule has 1 N–H and O–H groups in total. The summed E-state index contributed by atoms with van der Waals surface area (Å²) in [5.41, 5.74) is 0.431. The number of urea groups is 1. The Kier molecular flexibility index (Phi) is 7.59. The normalized spacial score (nSPS) is 14.7. The fourth-order valence-electron chi connectivity index (χ4n) is 3.10. The van der Waals surface area contributed by atoms with Crippen LogP contribution in [0.15, 0.2) is 42.0 Å². The van der Waals surface area contributed by atoms with E-state index in [1.807, 2.05) is 6.92 Å². The largest absolute Gasteiger partial charge is 0.494 e. The van der Waals surface area contributed by atoms with Crippen molar-refractivity contribution in [2.75, 3.05) is 24.7 Å². The lowest BCUT2D eigenvalue weighted by Gasteiger charge is -2.26. The fraction of sp³-hybridized carbons (Fsp3) is 0.208. The first kappa shape index (κ1) is 23.7. The molecule has 1 aliphatic rings. The van der Waals surface area contributed by atoms with Gasteiger partial charge in [0, 0.05) is 0 Å². The van der Waals surface area contributed by atoms with E-state index < -0.39 is 17.8 Å². The Bertz CT molecular complexity index is 1150. The summed E-state index contributed by atoms with van der Waals surface area (Å²) in [6, 6.07) is 8.57. The molecule has 2 aromatic rings. The highest BCUT2D eigenvalue weighted by molar-refractivity contribution is 6.39. The van der Waals surface area contributed by atoms with Crippen LogP contribution in [0.3, 0.4) is 0 Å². The third kappa shape index (κ3) is 5.27. The van der Waals surface area contributed by atoms with Crippen molar-refractivity contribution in [2.45, 2.75) is 13.8 Å². The molecule has 1 saturated heterocycles. The van der Waals surface area contributed by atoms with Gasteiger partial charge in [0.25, 0.3) is 11.8 Å². The number of benzene rings is 2. The van der Waals surface area contributed by atoms with Crippen LogP contribution in [0.5, 0.6) is 17.2 Å². The number of halogens is 1. The average Bonchev–Trinajstić information content (AvgIpc) is 2.77. The van der Waals surface area contributed by atoms with E-state index in [0.717, 1.165) is 4.90 Å². The molecule has 170 valence electrons. The molecule has 33 heavy (non-hydrogen) atoms. The number of nitrogens with zero attached hydrogens (tertiary/aromatic N) is 1. The van der Waals surface area contributed by atoms with Crippen LogP contribution in [0.1, 0.15) is 19.4 Å². The Hall–Kier alpha value is -3.96. The Labute approximate surface area is 196 Å². The molecule has 0 spiro atoms. The minimum Gasteiger partial charge on any atom is -0.494 e. The third-order valence-corrected chi connectivity index (χ3v) is 4.73. The number of terminal acetylenes is 1. The van der Waals surface area contributed by atoms with Crippen molar-refractivity contribution >= 4 is 41.2 Å². The van der Waals surface area contributed by atoms with Gasteiger partial charge >= 0.3 is 6.03 Å². The van der Waals surface area contributed by atoms with Crippen LogP contribution < -0.4 is 24.4 Å². The van der Waals surface area contributed by atoms with E-state index in [1.165, 1.54) is 12.1 Å². The molecule has 0 bridgehead atoms. The summed E-state index contributed by atoms with van der Waals surface area (Å²) in [5, 5.41) is 2.36. The molecule has 9 heteroatoms. The highest BCUT2D eigenvalue weighted by atomic mass is 35.5. The molecule has 0 unspecified atom stereocenters. The highest BCUT2D eigenvalue weighted by Crippen LogP contribution is 2.37. The first-order chi connectivity index (χ1) is 15.9. The zero-order valence-corrected chi connectivity index (χ0v) is 18.8. The molecular weight excluding hydrogens is 448 g/mol. The summed E-state index contributed by atoms with van der Waals surface area (Å²) in [7, 11) is 0. The molecule has 0 aromatic heterocycles. The van der Waals surface area contributed by atoms with Crippen LogP contribution in [0, 0.1) is 12.3 Å². The van der Waals surface area contributed by atoms with Crippen molar-refractivity contribution in [3.63, 3.8) is 0 Å². The van der Waals surface area contributed by atoms with Crippen molar-refractivity contribution < 1.29 is 28.6 Å². The third-order valence-electron chi connectivity index (χ3n) is 4.45. The fourth-order valence-corrected chi connectivity index (χ4v) is 3.38.